The maximum absolute atomic E-state index is 13.1. The molecule has 2 fully saturated rings. The van der Waals surface area contributed by atoms with Crippen molar-refractivity contribution < 1.29 is 9.53 Å². The van der Waals surface area contributed by atoms with Crippen LogP contribution in [0.25, 0.3) is 0 Å². The van der Waals surface area contributed by atoms with Crippen LogP contribution in [0.4, 0.5) is 0 Å². The summed E-state index contributed by atoms with van der Waals surface area (Å²) in [5.41, 5.74) is -0.273. The minimum atomic E-state index is -0.273. The number of hydrogen-bond donors (Lipinski definition) is 1. The highest BCUT2D eigenvalue weighted by molar-refractivity contribution is 5.83. The van der Waals surface area contributed by atoms with Gasteiger partial charge in [0.05, 0.1) is 12.0 Å². The van der Waals surface area contributed by atoms with Crippen LogP contribution >= 0.6 is 0 Å². The van der Waals surface area contributed by atoms with E-state index in [0.29, 0.717) is 18.6 Å². The van der Waals surface area contributed by atoms with E-state index in [0.717, 1.165) is 45.3 Å². The molecule has 0 aromatic rings. The third kappa shape index (κ3) is 3.11. The molecular weight excluding hydrogens is 240 g/mol. The first-order chi connectivity index (χ1) is 9.23. The minimum absolute atomic E-state index is 0.273. The number of carbonyl (C=O) groups is 1. The third-order valence-corrected chi connectivity index (χ3v) is 4.79. The molecular formula is C15H28N2O2. The number of methoxy groups -OCH3 is 1. The summed E-state index contributed by atoms with van der Waals surface area (Å²) < 4.78 is 5.39. The van der Waals surface area contributed by atoms with E-state index in [9.17, 15) is 4.79 Å². The lowest BCUT2D eigenvalue weighted by Crippen LogP contribution is -2.55. The number of likely N-dealkylation sites (tertiary alicyclic amines) is 1. The van der Waals surface area contributed by atoms with Gasteiger partial charge in [-0.05, 0) is 51.6 Å². The third-order valence-electron chi connectivity index (χ3n) is 4.79. The normalized spacial score (nSPS) is 27.3. The summed E-state index contributed by atoms with van der Waals surface area (Å²) in [6.45, 7) is 5.57. The van der Waals surface area contributed by atoms with Gasteiger partial charge in [-0.3, -0.25) is 4.79 Å². The summed E-state index contributed by atoms with van der Waals surface area (Å²) in [5.74, 6) is 0.349. The molecule has 2 saturated heterocycles. The second-order valence-electron chi connectivity index (χ2n) is 6.02. The lowest BCUT2D eigenvalue weighted by molar-refractivity contribution is -0.151. The van der Waals surface area contributed by atoms with E-state index in [4.69, 9.17) is 4.74 Å². The average Bonchev–Trinajstić information content (AvgIpc) is 2.47. The molecule has 0 radical (unpaired) electrons. The molecule has 0 aliphatic carbocycles. The largest absolute Gasteiger partial charge is 0.384 e. The maximum atomic E-state index is 13.1. The van der Waals surface area contributed by atoms with Gasteiger partial charge in [0.1, 0.15) is 0 Å². The summed E-state index contributed by atoms with van der Waals surface area (Å²) >= 11 is 0. The molecule has 1 N–H and O–H groups in total. The molecule has 2 heterocycles. The van der Waals surface area contributed by atoms with Crippen molar-refractivity contribution in [2.75, 3.05) is 33.4 Å². The Kier molecular flexibility index (Phi) is 5.22. The zero-order valence-electron chi connectivity index (χ0n) is 12.4. The molecule has 2 aliphatic heterocycles. The average molecular weight is 268 g/mol. The van der Waals surface area contributed by atoms with Gasteiger partial charge in [0.2, 0.25) is 5.91 Å². The van der Waals surface area contributed by atoms with Crippen molar-refractivity contribution >= 4 is 5.91 Å². The first-order valence-corrected chi connectivity index (χ1v) is 7.74. The van der Waals surface area contributed by atoms with Crippen LogP contribution in [0, 0.1) is 5.41 Å². The fraction of sp³-hybridized carbons (Fsp3) is 0.933. The Balaban J connectivity index is 2.13. The highest BCUT2D eigenvalue weighted by Crippen LogP contribution is 2.34. The van der Waals surface area contributed by atoms with E-state index in [1.165, 1.54) is 12.8 Å². The molecule has 4 heteroatoms. The van der Waals surface area contributed by atoms with Gasteiger partial charge in [-0.25, -0.2) is 0 Å². The van der Waals surface area contributed by atoms with Crippen LogP contribution in [-0.4, -0.2) is 50.2 Å². The molecule has 4 nitrogen and oxygen atoms in total. The van der Waals surface area contributed by atoms with Crippen LogP contribution in [0.15, 0.2) is 0 Å². The Labute approximate surface area is 116 Å². The topological polar surface area (TPSA) is 41.6 Å². The van der Waals surface area contributed by atoms with Gasteiger partial charge in [-0.1, -0.05) is 6.92 Å². The SMILES string of the molecule is CCC1CCCCN1C(=O)C1(COC)CCNCC1. The van der Waals surface area contributed by atoms with Crippen molar-refractivity contribution in [2.24, 2.45) is 5.41 Å². The van der Waals surface area contributed by atoms with Crippen LogP contribution in [0.5, 0.6) is 0 Å². The molecule has 1 unspecified atom stereocenters. The predicted molar refractivity (Wildman–Crippen MR) is 76.1 cm³/mol. The first-order valence-electron chi connectivity index (χ1n) is 7.74. The fourth-order valence-corrected chi connectivity index (χ4v) is 3.60. The van der Waals surface area contributed by atoms with Crippen molar-refractivity contribution in [3.8, 4) is 0 Å². The Morgan fingerprint density at radius 2 is 2.11 bits per heavy atom. The number of ether oxygens (including phenoxy) is 1. The molecule has 2 aliphatic rings. The molecule has 19 heavy (non-hydrogen) atoms. The van der Waals surface area contributed by atoms with Crippen LogP contribution < -0.4 is 5.32 Å². The number of carbonyl (C=O) groups excluding carboxylic acids is 1. The van der Waals surface area contributed by atoms with Gasteiger partial charge in [0.15, 0.2) is 0 Å². The van der Waals surface area contributed by atoms with Crippen LogP contribution in [0.2, 0.25) is 0 Å². The van der Waals surface area contributed by atoms with Crippen LogP contribution in [0.1, 0.15) is 45.4 Å². The predicted octanol–water partition coefficient (Wildman–Crippen LogP) is 1.79. The van der Waals surface area contributed by atoms with Gasteiger partial charge < -0.3 is 15.0 Å². The van der Waals surface area contributed by atoms with Crippen molar-refractivity contribution in [3.05, 3.63) is 0 Å². The van der Waals surface area contributed by atoms with E-state index in [-0.39, 0.29) is 5.41 Å². The van der Waals surface area contributed by atoms with Gasteiger partial charge in [0, 0.05) is 19.7 Å². The smallest absolute Gasteiger partial charge is 0.231 e. The first kappa shape index (κ1) is 14.8. The van der Waals surface area contributed by atoms with Gasteiger partial charge in [0.25, 0.3) is 0 Å². The van der Waals surface area contributed by atoms with Crippen molar-refractivity contribution in [1.29, 1.82) is 0 Å². The molecule has 110 valence electrons. The second-order valence-corrected chi connectivity index (χ2v) is 6.02. The van der Waals surface area contributed by atoms with Crippen molar-refractivity contribution in [3.63, 3.8) is 0 Å². The van der Waals surface area contributed by atoms with Crippen LogP contribution in [-0.2, 0) is 9.53 Å². The number of nitrogens with one attached hydrogen (secondary N) is 1. The quantitative estimate of drug-likeness (QED) is 0.845. The van der Waals surface area contributed by atoms with Crippen molar-refractivity contribution in [1.82, 2.24) is 10.2 Å². The highest BCUT2D eigenvalue weighted by Gasteiger charge is 2.43. The monoisotopic (exact) mass is 268 g/mol. The van der Waals surface area contributed by atoms with E-state index in [2.05, 4.69) is 17.1 Å². The lowest BCUT2D eigenvalue weighted by atomic mass is 9.77. The molecule has 0 saturated carbocycles. The number of hydrogen-bond acceptors (Lipinski definition) is 3. The standard InChI is InChI=1S/C15H28N2O2/c1-3-13-6-4-5-11-17(13)14(18)15(12-19-2)7-9-16-10-8-15/h13,16H,3-12H2,1-2H3. The van der Waals surface area contributed by atoms with Gasteiger partial charge in [-0.2, -0.15) is 0 Å². The number of nitrogens with zero attached hydrogens (tertiary/aromatic N) is 1. The summed E-state index contributed by atoms with van der Waals surface area (Å²) in [4.78, 5) is 15.2. The zero-order chi connectivity index (χ0) is 13.7. The Morgan fingerprint density at radius 1 is 1.37 bits per heavy atom. The highest BCUT2D eigenvalue weighted by atomic mass is 16.5. The Hall–Kier alpha value is -0.610. The van der Waals surface area contributed by atoms with E-state index in [1.54, 1.807) is 7.11 Å². The summed E-state index contributed by atoms with van der Waals surface area (Å²) in [7, 11) is 1.71. The Bertz CT molecular complexity index is 295. The number of piperidine rings is 2. The fourth-order valence-electron chi connectivity index (χ4n) is 3.60. The second kappa shape index (κ2) is 6.71. The molecule has 1 atom stereocenters. The molecule has 2 rings (SSSR count). The van der Waals surface area contributed by atoms with E-state index < -0.39 is 0 Å². The van der Waals surface area contributed by atoms with Crippen LogP contribution in [0.3, 0.4) is 0 Å². The molecule has 0 bridgehead atoms. The molecule has 0 aromatic heterocycles. The van der Waals surface area contributed by atoms with E-state index in [1.807, 2.05) is 0 Å². The summed E-state index contributed by atoms with van der Waals surface area (Å²) in [6.07, 6.45) is 6.49. The van der Waals surface area contributed by atoms with Crippen molar-refractivity contribution in [2.45, 2.75) is 51.5 Å². The minimum Gasteiger partial charge on any atom is -0.384 e. The van der Waals surface area contributed by atoms with E-state index >= 15 is 0 Å². The van der Waals surface area contributed by atoms with Gasteiger partial charge >= 0.3 is 0 Å². The molecule has 0 spiro atoms. The van der Waals surface area contributed by atoms with Gasteiger partial charge in [-0.15, -0.1) is 0 Å². The summed E-state index contributed by atoms with van der Waals surface area (Å²) in [5, 5.41) is 3.35. The lowest BCUT2D eigenvalue weighted by Gasteiger charge is -2.44. The molecule has 0 aromatic carbocycles. The Morgan fingerprint density at radius 3 is 2.74 bits per heavy atom. The maximum Gasteiger partial charge on any atom is 0.231 e. The number of rotatable bonds is 4. The number of amides is 1. The zero-order valence-corrected chi connectivity index (χ0v) is 12.4. The summed E-state index contributed by atoms with van der Waals surface area (Å²) in [6, 6.07) is 0.449. The molecule has 1 amide bonds.